The molecule has 1 aliphatic heterocycles. The third-order valence-electron chi connectivity index (χ3n) is 12.4. The van der Waals surface area contributed by atoms with Crippen molar-refractivity contribution < 1.29 is 29.1 Å². The van der Waals surface area contributed by atoms with Gasteiger partial charge in [0.15, 0.2) is 5.69 Å². The lowest BCUT2D eigenvalue weighted by Gasteiger charge is -2.33. The van der Waals surface area contributed by atoms with Crippen molar-refractivity contribution in [3.05, 3.63) is 159 Å². The van der Waals surface area contributed by atoms with Crippen LogP contribution in [0.25, 0.3) is 27.5 Å². The predicted octanol–water partition coefficient (Wildman–Crippen LogP) is 11.7. The number of benzene rings is 5. The normalized spacial score (nSPS) is 13.8. The van der Waals surface area contributed by atoms with E-state index in [4.69, 9.17) is 9.47 Å². The van der Waals surface area contributed by atoms with Crippen LogP contribution in [-0.4, -0.2) is 86.7 Å². The number of likely N-dealkylation sites (tertiary alicyclic amines) is 1. The molecule has 3 N–H and O–H groups in total. The number of aromatic nitrogens is 2. The van der Waals surface area contributed by atoms with Crippen molar-refractivity contribution in [3.63, 3.8) is 0 Å². The number of thioether (sulfide) groups is 1. The van der Waals surface area contributed by atoms with E-state index < -0.39 is 5.97 Å². The zero-order valence-corrected chi connectivity index (χ0v) is 41.0. The Hall–Kier alpha value is -6.39. The number of carbonyl (C=O) groups excluding carboxylic acids is 1. The lowest BCUT2D eigenvalue weighted by molar-refractivity contribution is -0.384. The summed E-state index contributed by atoms with van der Waals surface area (Å²) in [6, 6.07) is 38.3. The molecule has 2 aromatic heterocycles. The molecular weight excluding hydrogens is 909 g/mol. The lowest BCUT2D eigenvalue weighted by Crippen LogP contribution is -2.40. The molecule has 0 bridgehead atoms. The largest absolute Gasteiger partial charge is 0.493 e. The number of carbonyl (C=O) groups is 2. The first-order valence-corrected chi connectivity index (χ1v) is 25.3. The van der Waals surface area contributed by atoms with Gasteiger partial charge in [0, 0.05) is 69.4 Å². The molecule has 1 amide bonds. The van der Waals surface area contributed by atoms with E-state index in [1.165, 1.54) is 6.07 Å². The molecule has 3 heterocycles. The Morgan fingerprint density at radius 3 is 2.36 bits per heavy atom. The number of rotatable bonds is 21. The number of carboxylic acids is 1. The summed E-state index contributed by atoms with van der Waals surface area (Å²) in [6.07, 6.45) is 4.31. The second-order valence-electron chi connectivity index (χ2n) is 17.7. The Labute approximate surface area is 411 Å². The molecule has 1 aliphatic rings. The van der Waals surface area contributed by atoms with Crippen molar-refractivity contribution in [3.8, 4) is 17.0 Å². The molecule has 8 rings (SSSR count). The quantitative estimate of drug-likeness (QED) is 0.0206. The monoisotopic (exact) mass is 966 g/mol. The first-order valence-electron chi connectivity index (χ1n) is 23.5. The van der Waals surface area contributed by atoms with Gasteiger partial charge in [0.1, 0.15) is 11.4 Å². The number of anilines is 1. The van der Waals surface area contributed by atoms with Crippen LogP contribution in [0.1, 0.15) is 77.1 Å². The number of nitro benzene ring substituents is 1. The molecule has 7 aromatic rings. The highest BCUT2D eigenvalue weighted by molar-refractivity contribution is 7.99. The maximum atomic E-state index is 13.7. The molecule has 0 radical (unpaired) electrons. The molecule has 13 nitrogen and oxygen atoms in total. The second kappa shape index (κ2) is 22.8. The number of nitrogens with zero attached hydrogens (tertiary/aromatic N) is 4. The Balaban J connectivity index is 0.929. The van der Waals surface area contributed by atoms with Gasteiger partial charge in [-0.15, -0.1) is 11.8 Å². The summed E-state index contributed by atoms with van der Waals surface area (Å²) in [6.45, 7) is 11.1. The highest BCUT2D eigenvalue weighted by Crippen LogP contribution is 2.34. The van der Waals surface area contributed by atoms with Gasteiger partial charge in [-0.05, 0) is 143 Å². The average molecular weight is 967 g/mol. The van der Waals surface area contributed by atoms with Crippen molar-refractivity contribution in [1.29, 1.82) is 0 Å². The summed E-state index contributed by atoms with van der Waals surface area (Å²) in [5.41, 5.74) is 5.20. The van der Waals surface area contributed by atoms with E-state index in [0.29, 0.717) is 52.4 Å². The standard InChI is InChI=1S/C54H58N6O7S2/c1-35(2)67-41-25-28-58(29-26-41)27-24-40(34-68-42-15-6-5-7-16-42)55-46-23-22-43(33-49(46)60(64)65)69-57-53(61)39-31-36(3)51(37(4)32-39)48-20-11-19-47-45(52(54(62)63)56-59(47)48)18-12-30-66-50-21-10-14-38-13-8-9-17-44(38)50/h5-11,13-17,19-23,31-33,35,40-41,55H,12,18,24-30,34H2,1-4H3,(H,57,61)(H,62,63). The number of piperidine rings is 1. The molecule has 69 heavy (non-hydrogen) atoms. The van der Waals surface area contributed by atoms with Crippen LogP contribution < -0.4 is 14.8 Å². The van der Waals surface area contributed by atoms with Gasteiger partial charge in [-0.2, -0.15) is 5.10 Å². The Bertz CT molecular complexity index is 2910. The predicted molar refractivity (Wildman–Crippen MR) is 276 cm³/mol. The maximum Gasteiger partial charge on any atom is 0.356 e. The van der Waals surface area contributed by atoms with Gasteiger partial charge < -0.3 is 24.8 Å². The van der Waals surface area contributed by atoms with Gasteiger partial charge in [-0.3, -0.25) is 19.6 Å². The van der Waals surface area contributed by atoms with E-state index in [2.05, 4.69) is 46.0 Å². The van der Waals surface area contributed by atoms with E-state index in [9.17, 15) is 24.8 Å². The molecule has 1 atom stereocenters. The molecule has 0 spiro atoms. The number of aryl methyl sites for hydroxylation is 3. The number of fused-ring (bicyclic) bond motifs is 2. The van der Waals surface area contributed by atoms with Crippen molar-refractivity contribution in [2.75, 3.05) is 37.3 Å². The van der Waals surface area contributed by atoms with Crippen LogP contribution in [0.2, 0.25) is 0 Å². The Kier molecular flexibility index (Phi) is 16.2. The Morgan fingerprint density at radius 1 is 0.899 bits per heavy atom. The first-order chi connectivity index (χ1) is 33.4. The van der Waals surface area contributed by atoms with Crippen LogP contribution >= 0.6 is 23.7 Å². The highest BCUT2D eigenvalue weighted by Gasteiger charge is 2.25. The van der Waals surface area contributed by atoms with Gasteiger partial charge in [-0.1, -0.05) is 60.7 Å². The summed E-state index contributed by atoms with van der Waals surface area (Å²) in [7, 11) is 0. The first kappa shape index (κ1) is 49.0. The van der Waals surface area contributed by atoms with Crippen LogP contribution in [0.3, 0.4) is 0 Å². The van der Waals surface area contributed by atoms with Crippen LogP contribution in [0.4, 0.5) is 11.4 Å². The molecule has 15 heteroatoms. The molecule has 1 unspecified atom stereocenters. The fraction of sp³-hybridized carbons (Fsp3) is 0.315. The SMILES string of the molecule is Cc1cc(C(=O)NSc2ccc(NC(CCN3CCC(OC(C)C)CC3)CSc3ccccc3)c([N+](=O)[O-])c2)cc(C)c1-c1cccc2c(CCCOc3cccc4ccccc34)c(C(=O)O)nn12. The highest BCUT2D eigenvalue weighted by atomic mass is 32.2. The molecule has 358 valence electrons. The minimum atomic E-state index is -1.11. The van der Waals surface area contributed by atoms with Crippen molar-refractivity contribution >= 4 is 63.3 Å². The number of aromatic carboxylic acids is 1. The summed E-state index contributed by atoms with van der Waals surface area (Å²) in [5.74, 6) is 0.0358. The van der Waals surface area contributed by atoms with Gasteiger partial charge in [-0.25, -0.2) is 9.31 Å². The van der Waals surface area contributed by atoms with E-state index in [1.54, 1.807) is 40.5 Å². The minimum absolute atomic E-state index is 0.0128. The van der Waals surface area contributed by atoms with Crippen LogP contribution in [0.15, 0.2) is 131 Å². The summed E-state index contributed by atoms with van der Waals surface area (Å²) in [4.78, 5) is 42.5. The molecule has 1 fully saturated rings. The number of pyridine rings is 1. The molecular formula is C54H58N6O7S2. The summed E-state index contributed by atoms with van der Waals surface area (Å²) in [5, 5.41) is 33.0. The van der Waals surface area contributed by atoms with E-state index in [0.717, 1.165) is 94.7 Å². The fourth-order valence-corrected chi connectivity index (χ4v) is 10.7. The minimum Gasteiger partial charge on any atom is -0.493 e. The zero-order chi connectivity index (χ0) is 48.4. The smallest absolute Gasteiger partial charge is 0.356 e. The maximum absolute atomic E-state index is 13.7. The lowest BCUT2D eigenvalue weighted by atomic mass is 9.96. The van der Waals surface area contributed by atoms with Crippen molar-refractivity contribution in [2.45, 2.75) is 87.8 Å². The van der Waals surface area contributed by atoms with Crippen LogP contribution in [0, 0.1) is 24.0 Å². The van der Waals surface area contributed by atoms with Gasteiger partial charge in [0.25, 0.3) is 11.6 Å². The van der Waals surface area contributed by atoms with Crippen molar-refractivity contribution in [2.24, 2.45) is 0 Å². The molecule has 0 aliphatic carbocycles. The number of nitrogens with one attached hydrogen (secondary N) is 2. The third-order valence-corrected chi connectivity index (χ3v) is 14.3. The third kappa shape index (κ3) is 12.3. The number of hydrogen-bond acceptors (Lipinski definition) is 11. The van der Waals surface area contributed by atoms with Gasteiger partial charge in [0.2, 0.25) is 0 Å². The average Bonchev–Trinajstić information content (AvgIpc) is 3.73. The van der Waals surface area contributed by atoms with Crippen LogP contribution in [0.5, 0.6) is 5.75 Å². The zero-order valence-electron chi connectivity index (χ0n) is 39.4. The molecule has 0 saturated carbocycles. The molecule has 5 aromatic carbocycles. The summed E-state index contributed by atoms with van der Waals surface area (Å²) >= 11 is 2.74. The van der Waals surface area contributed by atoms with Crippen molar-refractivity contribution in [1.82, 2.24) is 19.2 Å². The molecule has 1 saturated heterocycles. The van der Waals surface area contributed by atoms with E-state index >= 15 is 0 Å². The number of ether oxygens (including phenoxy) is 2. The summed E-state index contributed by atoms with van der Waals surface area (Å²) < 4.78 is 16.8. The Morgan fingerprint density at radius 2 is 1.62 bits per heavy atom. The fourth-order valence-electron chi connectivity index (χ4n) is 9.11. The van der Waals surface area contributed by atoms with E-state index in [1.807, 2.05) is 92.7 Å². The van der Waals surface area contributed by atoms with Gasteiger partial charge in [0.05, 0.1) is 34.9 Å². The van der Waals surface area contributed by atoms with E-state index in [-0.39, 0.29) is 40.5 Å². The number of amides is 1. The number of hydrogen-bond donors (Lipinski definition) is 3. The second-order valence-corrected chi connectivity index (χ2v) is 19.7. The number of nitro groups is 1. The van der Waals surface area contributed by atoms with Crippen LogP contribution in [-0.2, 0) is 11.2 Å². The van der Waals surface area contributed by atoms with Gasteiger partial charge >= 0.3 is 5.97 Å². The number of carboxylic acid groups (broad SMARTS) is 1. The topological polar surface area (TPSA) is 161 Å².